The van der Waals surface area contributed by atoms with E-state index in [1.54, 1.807) is 24.3 Å². The Bertz CT molecular complexity index is 985. The number of carbonyl (C=O) groups is 1. The molecule has 0 fully saturated rings. The van der Waals surface area contributed by atoms with Crippen LogP contribution in [0, 0.1) is 11.6 Å². The summed E-state index contributed by atoms with van der Waals surface area (Å²) in [7, 11) is 0. The molecule has 26 heavy (non-hydrogen) atoms. The number of benzene rings is 2. The summed E-state index contributed by atoms with van der Waals surface area (Å²) in [6.07, 6.45) is 0. The van der Waals surface area contributed by atoms with E-state index in [0.717, 1.165) is 12.1 Å². The lowest BCUT2D eigenvalue weighted by molar-refractivity contribution is 0.0459. The van der Waals surface area contributed by atoms with Crippen molar-refractivity contribution < 1.29 is 32.3 Å². The van der Waals surface area contributed by atoms with Gasteiger partial charge in [-0.05, 0) is 30.3 Å². The second-order valence-electron chi connectivity index (χ2n) is 5.45. The predicted octanol–water partition coefficient (Wildman–Crippen LogP) is 3.71. The van der Waals surface area contributed by atoms with Crippen LogP contribution in [-0.4, -0.2) is 17.9 Å². The molecule has 0 saturated carbocycles. The zero-order valence-electron chi connectivity index (χ0n) is 13.2. The largest absolute Gasteiger partial charge is 0.455 e. The van der Waals surface area contributed by atoms with Crippen LogP contribution in [0.25, 0.3) is 11.3 Å². The van der Waals surface area contributed by atoms with Crippen LogP contribution >= 0.6 is 0 Å². The van der Waals surface area contributed by atoms with Gasteiger partial charge in [0.2, 0.25) is 6.79 Å². The summed E-state index contributed by atoms with van der Waals surface area (Å²) in [5.41, 5.74) is 0.698. The summed E-state index contributed by atoms with van der Waals surface area (Å²) in [5, 5.41) is 3.81. The molecule has 0 radical (unpaired) electrons. The van der Waals surface area contributed by atoms with E-state index in [4.69, 9.17) is 18.7 Å². The monoisotopic (exact) mass is 359 g/mol. The Morgan fingerprint density at radius 1 is 1.08 bits per heavy atom. The molecule has 0 unspecified atom stereocenters. The SMILES string of the molecule is O=C(OCc1cc(-c2ccc3c(c2)OCO3)on1)c1ccc(F)cc1F. The van der Waals surface area contributed by atoms with E-state index in [1.165, 1.54) is 0 Å². The Labute approximate surface area is 145 Å². The van der Waals surface area contributed by atoms with E-state index in [9.17, 15) is 13.6 Å². The lowest BCUT2D eigenvalue weighted by atomic mass is 10.1. The second kappa shape index (κ2) is 6.47. The van der Waals surface area contributed by atoms with Crippen molar-refractivity contribution in [2.75, 3.05) is 6.79 Å². The number of nitrogens with zero attached hydrogens (tertiary/aromatic N) is 1. The molecule has 2 aromatic carbocycles. The molecule has 6 nitrogen and oxygen atoms in total. The van der Waals surface area contributed by atoms with E-state index >= 15 is 0 Å². The zero-order valence-corrected chi connectivity index (χ0v) is 13.2. The van der Waals surface area contributed by atoms with Crippen LogP contribution in [0.2, 0.25) is 0 Å². The fourth-order valence-electron chi connectivity index (χ4n) is 2.44. The molecule has 8 heteroatoms. The zero-order chi connectivity index (χ0) is 18.1. The molecular weight excluding hydrogens is 348 g/mol. The molecule has 1 aliphatic rings. The molecule has 2 heterocycles. The van der Waals surface area contributed by atoms with Gasteiger partial charge in [-0.15, -0.1) is 0 Å². The maximum Gasteiger partial charge on any atom is 0.341 e. The molecule has 0 aliphatic carbocycles. The molecule has 132 valence electrons. The summed E-state index contributed by atoms with van der Waals surface area (Å²) in [6.45, 7) is -0.0555. The first kappa shape index (κ1) is 16.1. The quantitative estimate of drug-likeness (QED) is 0.662. The fraction of sp³-hybridized carbons (Fsp3) is 0.111. The minimum absolute atomic E-state index is 0.163. The van der Waals surface area contributed by atoms with Gasteiger partial charge in [0.05, 0.1) is 5.56 Å². The van der Waals surface area contributed by atoms with Gasteiger partial charge < -0.3 is 18.7 Å². The average molecular weight is 359 g/mol. The minimum atomic E-state index is -0.990. The maximum absolute atomic E-state index is 13.6. The number of esters is 1. The van der Waals surface area contributed by atoms with Crippen LogP contribution in [0.3, 0.4) is 0 Å². The summed E-state index contributed by atoms with van der Waals surface area (Å²) in [5.74, 6) is -1.00. The number of hydrogen-bond donors (Lipinski definition) is 0. The van der Waals surface area contributed by atoms with Gasteiger partial charge in [0, 0.05) is 17.7 Å². The predicted molar refractivity (Wildman–Crippen MR) is 83.5 cm³/mol. The van der Waals surface area contributed by atoms with E-state index in [-0.39, 0.29) is 19.0 Å². The fourth-order valence-corrected chi connectivity index (χ4v) is 2.44. The van der Waals surface area contributed by atoms with Gasteiger partial charge in [-0.25, -0.2) is 13.6 Å². The second-order valence-corrected chi connectivity index (χ2v) is 5.45. The van der Waals surface area contributed by atoms with Gasteiger partial charge in [-0.2, -0.15) is 0 Å². The van der Waals surface area contributed by atoms with Crippen LogP contribution in [0.1, 0.15) is 16.1 Å². The third-order valence-corrected chi connectivity index (χ3v) is 3.72. The molecule has 3 aromatic rings. The number of ether oxygens (including phenoxy) is 3. The van der Waals surface area contributed by atoms with E-state index in [0.29, 0.717) is 34.6 Å². The molecule has 0 atom stereocenters. The molecule has 4 rings (SSSR count). The topological polar surface area (TPSA) is 70.8 Å². The number of aromatic nitrogens is 1. The molecule has 1 aromatic heterocycles. The number of fused-ring (bicyclic) bond motifs is 1. The average Bonchev–Trinajstić information content (AvgIpc) is 3.28. The highest BCUT2D eigenvalue weighted by Crippen LogP contribution is 2.36. The number of halogens is 2. The standard InChI is InChI=1S/C18H11F2NO5/c19-11-2-3-13(14(20)6-11)18(22)23-8-12-7-16(26-21-12)10-1-4-15-17(5-10)25-9-24-15/h1-7H,8-9H2. The van der Waals surface area contributed by atoms with E-state index in [2.05, 4.69) is 5.16 Å². The van der Waals surface area contributed by atoms with Crippen LogP contribution in [0.15, 0.2) is 47.0 Å². The minimum Gasteiger partial charge on any atom is -0.455 e. The van der Waals surface area contributed by atoms with Crippen molar-refractivity contribution in [1.29, 1.82) is 0 Å². The van der Waals surface area contributed by atoms with Crippen molar-refractivity contribution in [3.63, 3.8) is 0 Å². The highest BCUT2D eigenvalue weighted by Gasteiger charge is 2.17. The summed E-state index contributed by atoms with van der Waals surface area (Å²) < 4.78 is 47.2. The normalized spacial score (nSPS) is 12.2. The third kappa shape index (κ3) is 3.08. The summed E-state index contributed by atoms with van der Waals surface area (Å²) in [6, 6.07) is 9.47. The lowest BCUT2D eigenvalue weighted by Gasteiger charge is -2.03. The van der Waals surface area contributed by atoms with Gasteiger partial charge in [-0.1, -0.05) is 5.16 Å². The molecular formula is C18H11F2NO5. The van der Waals surface area contributed by atoms with Crippen LogP contribution < -0.4 is 9.47 Å². The molecule has 0 bridgehead atoms. The molecule has 0 N–H and O–H groups in total. The summed E-state index contributed by atoms with van der Waals surface area (Å²) >= 11 is 0. The molecule has 0 spiro atoms. The van der Waals surface area contributed by atoms with Gasteiger partial charge in [-0.3, -0.25) is 0 Å². The number of hydrogen-bond acceptors (Lipinski definition) is 6. The first-order chi connectivity index (χ1) is 12.6. The van der Waals surface area contributed by atoms with Crippen molar-refractivity contribution in [2.45, 2.75) is 6.61 Å². The van der Waals surface area contributed by atoms with E-state index < -0.39 is 17.6 Å². The highest BCUT2D eigenvalue weighted by molar-refractivity contribution is 5.89. The molecule has 1 aliphatic heterocycles. The van der Waals surface area contributed by atoms with Gasteiger partial charge in [0.25, 0.3) is 0 Å². The van der Waals surface area contributed by atoms with Crippen molar-refractivity contribution in [1.82, 2.24) is 5.16 Å². The third-order valence-electron chi connectivity index (χ3n) is 3.72. The Morgan fingerprint density at radius 3 is 2.77 bits per heavy atom. The summed E-state index contributed by atoms with van der Waals surface area (Å²) in [4.78, 5) is 11.9. The van der Waals surface area contributed by atoms with Crippen molar-refractivity contribution in [2.24, 2.45) is 0 Å². The smallest absolute Gasteiger partial charge is 0.341 e. The van der Waals surface area contributed by atoms with Crippen molar-refractivity contribution in [3.8, 4) is 22.8 Å². The van der Waals surface area contributed by atoms with Crippen molar-refractivity contribution >= 4 is 5.97 Å². The number of rotatable bonds is 4. The van der Waals surface area contributed by atoms with Crippen LogP contribution in [-0.2, 0) is 11.3 Å². The maximum atomic E-state index is 13.6. The Morgan fingerprint density at radius 2 is 1.92 bits per heavy atom. The Kier molecular flexibility index (Phi) is 4.00. The Hall–Kier alpha value is -3.42. The van der Waals surface area contributed by atoms with Crippen LogP contribution in [0.4, 0.5) is 8.78 Å². The van der Waals surface area contributed by atoms with Crippen molar-refractivity contribution in [3.05, 3.63) is 65.4 Å². The lowest BCUT2D eigenvalue weighted by Crippen LogP contribution is -2.08. The first-order valence-electron chi connectivity index (χ1n) is 7.58. The van der Waals surface area contributed by atoms with Gasteiger partial charge in [0.15, 0.2) is 17.3 Å². The van der Waals surface area contributed by atoms with E-state index in [1.807, 2.05) is 0 Å². The van der Waals surface area contributed by atoms with Crippen LogP contribution in [0.5, 0.6) is 11.5 Å². The molecule has 0 amide bonds. The first-order valence-corrected chi connectivity index (χ1v) is 7.58. The highest BCUT2D eigenvalue weighted by atomic mass is 19.1. The number of carbonyl (C=O) groups excluding carboxylic acids is 1. The molecule has 0 saturated heterocycles. The Balaban J connectivity index is 1.44. The van der Waals surface area contributed by atoms with Gasteiger partial charge in [0.1, 0.15) is 23.9 Å². The van der Waals surface area contributed by atoms with Gasteiger partial charge >= 0.3 is 5.97 Å².